The van der Waals surface area contributed by atoms with Gasteiger partial charge in [-0.2, -0.15) is 0 Å². The predicted octanol–water partition coefficient (Wildman–Crippen LogP) is 4.23. The zero-order chi connectivity index (χ0) is 18.0. The molecule has 5 nitrogen and oxygen atoms in total. The van der Waals surface area contributed by atoms with E-state index in [2.05, 4.69) is 0 Å². The normalized spacial score (nSPS) is 10.7. The molecule has 0 spiro atoms. The van der Waals surface area contributed by atoms with Gasteiger partial charge in [-0.25, -0.2) is 0 Å². The van der Waals surface area contributed by atoms with Crippen LogP contribution in [0.3, 0.4) is 0 Å². The Bertz CT molecular complexity index is 946. The third kappa shape index (κ3) is 2.61. The van der Waals surface area contributed by atoms with Crippen LogP contribution in [0.2, 0.25) is 0 Å². The molecule has 0 saturated carbocycles. The molecule has 0 fully saturated rings. The van der Waals surface area contributed by atoms with E-state index in [4.69, 9.17) is 18.9 Å². The number of hydrogen-bond acceptors (Lipinski definition) is 5. The van der Waals surface area contributed by atoms with Gasteiger partial charge in [-0.05, 0) is 30.5 Å². The molecule has 0 aliphatic heterocycles. The van der Waals surface area contributed by atoms with Gasteiger partial charge in [0, 0.05) is 21.7 Å². The molecule has 0 saturated heterocycles. The topological polar surface area (TPSA) is 54.0 Å². The number of methoxy groups -OCH3 is 3. The molecular formula is C20H20O5. The number of ether oxygens (including phenoxy) is 4. The van der Waals surface area contributed by atoms with Crippen LogP contribution in [0.25, 0.3) is 21.5 Å². The standard InChI is InChI=1S/C20H20O5/c1-5-25-16-10-13(11-21)17-14(19(16)23-3)8-6-12-7-9-15(22-2)20(24-4)18(12)17/h6-11H,5H2,1-4H3. The first-order valence-electron chi connectivity index (χ1n) is 7.96. The summed E-state index contributed by atoms with van der Waals surface area (Å²) in [6.45, 7) is 2.36. The van der Waals surface area contributed by atoms with Gasteiger partial charge in [-0.3, -0.25) is 4.79 Å². The molecule has 0 unspecified atom stereocenters. The van der Waals surface area contributed by atoms with Gasteiger partial charge in [0.25, 0.3) is 0 Å². The Labute approximate surface area is 146 Å². The van der Waals surface area contributed by atoms with E-state index in [0.717, 1.165) is 27.8 Å². The molecule has 3 rings (SSSR count). The first-order chi connectivity index (χ1) is 12.2. The minimum atomic E-state index is 0.477. The number of aldehydes is 1. The highest BCUT2D eigenvalue weighted by molar-refractivity contribution is 6.19. The summed E-state index contributed by atoms with van der Waals surface area (Å²) in [6.07, 6.45) is 0.822. The van der Waals surface area contributed by atoms with Crippen LogP contribution in [0.5, 0.6) is 23.0 Å². The number of carbonyl (C=O) groups excluding carboxylic acids is 1. The Morgan fingerprint density at radius 1 is 0.880 bits per heavy atom. The lowest BCUT2D eigenvalue weighted by atomic mass is 9.96. The maximum atomic E-state index is 11.8. The first-order valence-corrected chi connectivity index (χ1v) is 7.96. The second-order valence-electron chi connectivity index (χ2n) is 5.44. The van der Waals surface area contributed by atoms with E-state index in [9.17, 15) is 4.79 Å². The van der Waals surface area contributed by atoms with Gasteiger partial charge in [0.1, 0.15) is 0 Å². The summed E-state index contributed by atoms with van der Waals surface area (Å²) in [5.41, 5.74) is 0.511. The monoisotopic (exact) mass is 340 g/mol. The van der Waals surface area contributed by atoms with E-state index in [1.807, 2.05) is 31.2 Å². The molecule has 130 valence electrons. The van der Waals surface area contributed by atoms with Gasteiger partial charge in [0.2, 0.25) is 0 Å². The molecule has 0 amide bonds. The minimum absolute atomic E-state index is 0.477. The van der Waals surface area contributed by atoms with Gasteiger partial charge in [0.15, 0.2) is 29.3 Å². The maximum Gasteiger partial charge on any atom is 0.169 e. The van der Waals surface area contributed by atoms with Crippen LogP contribution in [0, 0.1) is 0 Å². The van der Waals surface area contributed by atoms with Crippen molar-refractivity contribution in [2.75, 3.05) is 27.9 Å². The molecule has 0 N–H and O–H groups in total. The van der Waals surface area contributed by atoms with Crippen LogP contribution in [0.1, 0.15) is 17.3 Å². The quantitative estimate of drug-likeness (QED) is 0.496. The second kappa shape index (κ2) is 6.89. The fraction of sp³-hybridized carbons (Fsp3) is 0.250. The van der Waals surface area contributed by atoms with E-state index in [1.54, 1.807) is 27.4 Å². The van der Waals surface area contributed by atoms with Gasteiger partial charge in [0.05, 0.1) is 27.9 Å². The van der Waals surface area contributed by atoms with Gasteiger partial charge in [-0.1, -0.05) is 12.1 Å². The van der Waals surface area contributed by atoms with E-state index < -0.39 is 0 Å². The highest BCUT2D eigenvalue weighted by Gasteiger charge is 2.19. The SMILES string of the molecule is CCOc1cc(C=O)c2c(ccc3ccc(OC)c(OC)c32)c1OC. The predicted molar refractivity (Wildman–Crippen MR) is 97.7 cm³/mol. The largest absolute Gasteiger partial charge is 0.493 e. The van der Waals surface area contributed by atoms with Crippen molar-refractivity contribution < 1.29 is 23.7 Å². The van der Waals surface area contributed by atoms with Gasteiger partial charge in [-0.15, -0.1) is 0 Å². The maximum absolute atomic E-state index is 11.8. The Morgan fingerprint density at radius 2 is 1.60 bits per heavy atom. The molecule has 25 heavy (non-hydrogen) atoms. The van der Waals surface area contributed by atoms with Crippen LogP contribution in [-0.2, 0) is 0 Å². The molecule has 5 heteroatoms. The Hall–Kier alpha value is -2.95. The number of fused-ring (bicyclic) bond motifs is 3. The summed E-state index contributed by atoms with van der Waals surface area (Å²) in [6, 6.07) is 9.38. The molecule has 0 bridgehead atoms. The molecular weight excluding hydrogens is 320 g/mol. The Balaban J connectivity index is 2.56. The number of carbonyl (C=O) groups is 1. The summed E-state index contributed by atoms with van der Waals surface area (Å²) in [5.74, 6) is 2.32. The van der Waals surface area contributed by atoms with Crippen molar-refractivity contribution in [2.24, 2.45) is 0 Å². The molecule has 0 radical (unpaired) electrons. The van der Waals surface area contributed by atoms with Crippen molar-refractivity contribution in [3.05, 3.63) is 35.9 Å². The van der Waals surface area contributed by atoms with Crippen molar-refractivity contribution in [1.82, 2.24) is 0 Å². The first kappa shape index (κ1) is 16.9. The van der Waals surface area contributed by atoms with Crippen molar-refractivity contribution in [3.63, 3.8) is 0 Å². The third-order valence-corrected chi connectivity index (χ3v) is 4.20. The van der Waals surface area contributed by atoms with Crippen molar-refractivity contribution in [2.45, 2.75) is 6.92 Å². The third-order valence-electron chi connectivity index (χ3n) is 4.20. The lowest BCUT2D eigenvalue weighted by molar-refractivity contribution is 0.112. The van der Waals surface area contributed by atoms with Crippen LogP contribution in [-0.4, -0.2) is 34.2 Å². The molecule has 3 aromatic carbocycles. The molecule has 0 aromatic heterocycles. The van der Waals surface area contributed by atoms with Crippen LogP contribution in [0.4, 0.5) is 0 Å². The molecule has 0 atom stereocenters. The summed E-state index contributed by atoms with van der Waals surface area (Å²) in [5, 5.41) is 3.29. The van der Waals surface area contributed by atoms with E-state index in [-0.39, 0.29) is 0 Å². The van der Waals surface area contributed by atoms with E-state index >= 15 is 0 Å². The van der Waals surface area contributed by atoms with Crippen molar-refractivity contribution in [3.8, 4) is 23.0 Å². The zero-order valence-electron chi connectivity index (χ0n) is 14.7. The molecule has 0 heterocycles. The van der Waals surface area contributed by atoms with Crippen molar-refractivity contribution in [1.29, 1.82) is 0 Å². The van der Waals surface area contributed by atoms with Crippen LogP contribution in [0.15, 0.2) is 30.3 Å². The number of hydrogen-bond donors (Lipinski definition) is 0. The molecule has 3 aromatic rings. The highest BCUT2D eigenvalue weighted by atomic mass is 16.5. The smallest absolute Gasteiger partial charge is 0.169 e. The lowest BCUT2D eigenvalue weighted by Gasteiger charge is -2.17. The fourth-order valence-corrected chi connectivity index (χ4v) is 3.20. The number of benzene rings is 3. The van der Waals surface area contributed by atoms with E-state index in [0.29, 0.717) is 35.2 Å². The summed E-state index contributed by atoms with van der Waals surface area (Å²) < 4.78 is 22.2. The van der Waals surface area contributed by atoms with Gasteiger partial charge < -0.3 is 18.9 Å². The minimum Gasteiger partial charge on any atom is -0.493 e. The Kier molecular flexibility index (Phi) is 4.65. The average Bonchev–Trinajstić information content (AvgIpc) is 2.65. The van der Waals surface area contributed by atoms with E-state index in [1.165, 1.54) is 0 Å². The number of rotatable bonds is 6. The summed E-state index contributed by atoms with van der Waals surface area (Å²) in [4.78, 5) is 11.8. The zero-order valence-corrected chi connectivity index (χ0v) is 14.7. The average molecular weight is 340 g/mol. The highest BCUT2D eigenvalue weighted by Crippen LogP contribution is 2.45. The lowest BCUT2D eigenvalue weighted by Crippen LogP contribution is -1.99. The molecule has 0 aliphatic carbocycles. The van der Waals surface area contributed by atoms with Crippen LogP contribution < -0.4 is 18.9 Å². The van der Waals surface area contributed by atoms with Gasteiger partial charge >= 0.3 is 0 Å². The summed E-state index contributed by atoms with van der Waals surface area (Å²) in [7, 11) is 4.76. The molecule has 0 aliphatic rings. The fourth-order valence-electron chi connectivity index (χ4n) is 3.20. The summed E-state index contributed by atoms with van der Waals surface area (Å²) >= 11 is 0. The Morgan fingerprint density at radius 3 is 2.20 bits per heavy atom. The van der Waals surface area contributed by atoms with Crippen molar-refractivity contribution >= 4 is 27.8 Å². The second-order valence-corrected chi connectivity index (χ2v) is 5.44. The van der Waals surface area contributed by atoms with Crippen LogP contribution >= 0.6 is 0 Å².